The molecule has 0 aliphatic rings. The molecule has 0 saturated heterocycles. The third-order valence-corrected chi connectivity index (χ3v) is 5.00. The standard InChI is InChI=1S/C22H27N3O3/c1-6-25-17(5)20(12-23-25)16(4)24-22(26)21-10-9-19(28-21)13-27-18-8-7-14(2)15(3)11-18/h7-12,16H,6,13H2,1-5H3,(H,24,26). The van der Waals surface area contributed by atoms with Crippen LogP contribution in [0.1, 0.15) is 58.6 Å². The molecule has 0 saturated carbocycles. The lowest BCUT2D eigenvalue weighted by atomic mass is 10.1. The molecule has 2 aromatic heterocycles. The molecule has 1 aromatic carbocycles. The number of aryl methyl sites for hydroxylation is 3. The first-order chi connectivity index (χ1) is 13.4. The van der Waals surface area contributed by atoms with Gasteiger partial charge in [-0.3, -0.25) is 9.48 Å². The minimum atomic E-state index is -0.256. The molecule has 0 fully saturated rings. The van der Waals surface area contributed by atoms with Crippen molar-refractivity contribution in [1.29, 1.82) is 0 Å². The Morgan fingerprint density at radius 1 is 1.21 bits per heavy atom. The summed E-state index contributed by atoms with van der Waals surface area (Å²) in [6.45, 7) is 11.2. The van der Waals surface area contributed by atoms with E-state index in [2.05, 4.69) is 17.3 Å². The Kier molecular flexibility index (Phi) is 5.87. The number of ether oxygens (including phenoxy) is 1. The third-order valence-electron chi connectivity index (χ3n) is 5.00. The number of carbonyl (C=O) groups excluding carboxylic acids is 1. The number of rotatable bonds is 7. The topological polar surface area (TPSA) is 69.3 Å². The summed E-state index contributed by atoms with van der Waals surface area (Å²) in [7, 11) is 0. The number of hydrogen-bond donors (Lipinski definition) is 1. The van der Waals surface area contributed by atoms with Crippen molar-refractivity contribution in [1.82, 2.24) is 15.1 Å². The van der Waals surface area contributed by atoms with Crippen LogP contribution in [0.4, 0.5) is 0 Å². The lowest BCUT2D eigenvalue weighted by molar-refractivity contribution is 0.0907. The van der Waals surface area contributed by atoms with Crippen molar-refractivity contribution in [3.8, 4) is 5.75 Å². The summed E-state index contributed by atoms with van der Waals surface area (Å²) >= 11 is 0. The van der Waals surface area contributed by atoms with Crippen molar-refractivity contribution < 1.29 is 13.9 Å². The maximum Gasteiger partial charge on any atom is 0.287 e. The summed E-state index contributed by atoms with van der Waals surface area (Å²) in [5.74, 6) is 1.40. The monoisotopic (exact) mass is 381 g/mol. The van der Waals surface area contributed by atoms with Gasteiger partial charge >= 0.3 is 0 Å². The van der Waals surface area contributed by atoms with E-state index in [0.717, 1.165) is 23.6 Å². The van der Waals surface area contributed by atoms with Crippen molar-refractivity contribution in [3.05, 3.63) is 70.4 Å². The minimum Gasteiger partial charge on any atom is -0.486 e. The average Bonchev–Trinajstić information content (AvgIpc) is 3.29. The van der Waals surface area contributed by atoms with Gasteiger partial charge in [0.05, 0.1) is 12.2 Å². The van der Waals surface area contributed by atoms with Crippen LogP contribution in [-0.2, 0) is 13.2 Å². The molecule has 1 unspecified atom stereocenters. The number of benzene rings is 1. The summed E-state index contributed by atoms with van der Waals surface area (Å²) < 4.78 is 13.3. The molecular formula is C22H27N3O3. The van der Waals surface area contributed by atoms with Crippen molar-refractivity contribution in [2.45, 2.75) is 53.8 Å². The summed E-state index contributed by atoms with van der Waals surface area (Å²) in [5.41, 5.74) is 4.45. The first-order valence-electron chi connectivity index (χ1n) is 9.51. The predicted octanol–water partition coefficient (Wildman–Crippen LogP) is 4.49. The molecule has 1 N–H and O–H groups in total. The highest BCUT2D eigenvalue weighted by atomic mass is 16.5. The lowest BCUT2D eigenvalue weighted by Gasteiger charge is -2.13. The summed E-state index contributed by atoms with van der Waals surface area (Å²) in [4.78, 5) is 12.5. The van der Waals surface area contributed by atoms with E-state index in [4.69, 9.17) is 9.15 Å². The fraction of sp³-hybridized carbons (Fsp3) is 0.364. The number of carbonyl (C=O) groups is 1. The lowest BCUT2D eigenvalue weighted by Crippen LogP contribution is -2.26. The van der Waals surface area contributed by atoms with Crippen LogP contribution in [0, 0.1) is 20.8 Å². The summed E-state index contributed by atoms with van der Waals surface area (Å²) in [5, 5.41) is 7.29. The van der Waals surface area contributed by atoms with Gasteiger partial charge in [0.15, 0.2) is 5.76 Å². The Balaban J connectivity index is 1.60. The normalized spacial score (nSPS) is 12.0. The average molecular weight is 381 g/mol. The zero-order valence-electron chi connectivity index (χ0n) is 17.1. The van der Waals surface area contributed by atoms with Gasteiger partial charge in [0.2, 0.25) is 0 Å². The molecular weight excluding hydrogens is 354 g/mol. The van der Waals surface area contributed by atoms with Crippen LogP contribution in [0.5, 0.6) is 5.75 Å². The molecule has 0 aliphatic carbocycles. The number of nitrogens with zero attached hydrogens (tertiary/aromatic N) is 2. The molecule has 0 radical (unpaired) electrons. The van der Waals surface area contributed by atoms with E-state index in [9.17, 15) is 4.79 Å². The predicted molar refractivity (Wildman–Crippen MR) is 107 cm³/mol. The molecule has 1 atom stereocenters. The summed E-state index contributed by atoms with van der Waals surface area (Å²) in [6.07, 6.45) is 1.80. The van der Waals surface area contributed by atoms with E-state index in [1.165, 1.54) is 11.1 Å². The van der Waals surface area contributed by atoms with Gasteiger partial charge in [-0.15, -0.1) is 0 Å². The highest BCUT2D eigenvalue weighted by Gasteiger charge is 2.18. The number of furan rings is 1. The largest absolute Gasteiger partial charge is 0.486 e. The van der Waals surface area contributed by atoms with Crippen LogP contribution >= 0.6 is 0 Å². The van der Waals surface area contributed by atoms with Crippen molar-refractivity contribution in [2.24, 2.45) is 0 Å². The highest BCUT2D eigenvalue weighted by Crippen LogP contribution is 2.20. The smallest absolute Gasteiger partial charge is 0.287 e. The van der Waals surface area contributed by atoms with Crippen molar-refractivity contribution in [3.63, 3.8) is 0 Å². The molecule has 0 bridgehead atoms. The van der Waals surface area contributed by atoms with Crippen LogP contribution in [-0.4, -0.2) is 15.7 Å². The van der Waals surface area contributed by atoms with Gasteiger partial charge in [-0.1, -0.05) is 6.07 Å². The van der Waals surface area contributed by atoms with Gasteiger partial charge in [-0.05, 0) is 70.0 Å². The van der Waals surface area contributed by atoms with Crippen molar-refractivity contribution >= 4 is 5.91 Å². The second-order valence-corrected chi connectivity index (χ2v) is 7.00. The number of hydrogen-bond acceptors (Lipinski definition) is 4. The SMILES string of the molecule is CCn1ncc(C(C)NC(=O)c2ccc(COc3ccc(C)c(C)c3)o2)c1C. The number of aromatic nitrogens is 2. The van der Waals surface area contributed by atoms with Gasteiger partial charge in [-0.25, -0.2) is 0 Å². The molecule has 1 amide bonds. The van der Waals surface area contributed by atoms with Crippen molar-refractivity contribution in [2.75, 3.05) is 0 Å². The molecule has 0 spiro atoms. The number of amides is 1. The molecule has 148 valence electrons. The Bertz CT molecular complexity index is 971. The molecule has 6 heteroatoms. The zero-order chi connectivity index (χ0) is 20.3. The second kappa shape index (κ2) is 8.33. The Morgan fingerprint density at radius 2 is 2.00 bits per heavy atom. The van der Waals surface area contributed by atoms with Crippen LogP contribution < -0.4 is 10.1 Å². The fourth-order valence-electron chi connectivity index (χ4n) is 3.09. The van der Waals surface area contributed by atoms with E-state index in [1.807, 2.05) is 50.6 Å². The fourth-order valence-corrected chi connectivity index (χ4v) is 3.09. The maximum atomic E-state index is 12.5. The van der Waals surface area contributed by atoms with Gasteiger partial charge in [0.1, 0.15) is 18.1 Å². The molecule has 2 heterocycles. The molecule has 3 aromatic rings. The zero-order valence-corrected chi connectivity index (χ0v) is 17.1. The Morgan fingerprint density at radius 3 is 2.68 bits per heavy atom. The van der Waals surface area contributed by atoms with E-state index in [0.29, 0.717) is 5.76 Å². The van der Waals surface area contributed by atoms with E-state index in [-0.39, 0.29) is 24.3 Å². The third kappa shape index (κ3) is 4.27. The maximum absolute atomic E-state index is 12.5. The van der Waals surface area contributed by atoms with Crippen LogP contribution in [0.2, 0.25) is 0 Å². The first kappa shape index (κ1) is 19.7. The summed E-state index contributed by atoms with van der Waals surface area (Å²) in [6, 6.07) is 9.22. The van der Waals surface area contributed by atoms with Gasteiger partial charge in [0.25, 0.3) is 5.91 Å². The molecule has 6 nitrogen and oxygen atoms in total. The molecule has 28 heavy (non-hydrogen) atoms. The van der Waals surface area contributed by atoms with Gasteiger partial charge in [0, 0.05) is 17.8 Å². The first-order valence-corrected chi connectivity index (χ1v) is 9.51. The van der Waals surface area contributed by atoms with Gasteiger partial charge in [-0.2, -0.15) is 5.10 Å². The minimum absolute atomic E-state index is 0.159. The second-order valence-electron chi connectivity index (χ2n) is 7.00. The van der Waals surface area contributed by atoms with E-state index in [1.54, 1.807) is 18.3 Å². The number of nitrogens with one attached hydrogen (secondary N) is 1. The van der Waals surface area contributed by atoms with Crippen LogP contribution in [0.25, 0.3) is 0 Å². The van der Waals surface area contributed by atoms with E-state index >= 15 is 0 Å². The Labute approximate surface area is 165 Å². The van der Waals surface area contributed by atoms with Crippen LogP contribution in [0.15, 0.2) is 40.9 Å². The highest BCUT2D eigenvalue weighted by molar-refractivity contribution is 5.91. The van der Waals surface area contributed by atoms with E-state index < -0.39 is 0 Å². The van der Waals surface area contributed by atoms with Crippen LogP contribution in [0.3, 0.4) is 0 Å². The molecule has 3 rings (SSSR count). The molecule has 0 aliphatic heterocycles. The Hall–Kier alpha value is -3.02. The van der Waals surface area contributed by atoms with Gasteiger partial charge < -0.3 is 14.5 Å². The quantitative estimate of drug-likeness (QED) is 0.655.